The first-order valence-corrected chi connectivity index (χ1v) is 10.9. The maximum absolute atomic E-state index is 13.3. The SMILES string of the molecule is Cc1nc2sc([C@H](c3ccccc3)[NH+]3CCN(c4ccc(F)cc4)CC3)c(O)n2n1. The van der Waals surface area contributed by atoms with Gasteiger partial charge in [-0.15, -0.1) is 5.10 Å². The average molecular weight is 425 g/mol. The summed E-state index contributed by atoms with van der Waals surface area (Å²) in [6.07, 6.45) is 0. The Labute approximate surface area is 177 Å². The number of thiazole rings is 1. The second-order valence-electron chi connectivity index (χ2n) is 7.61. The van der Waals surface area contributed by atoms with Crippen LogP contribution in [0.1, 0.15) is 22.3 Å². The van der Waals surface area contributed by atoms with Crippen molar-refractivity contribution in [2.24, 2.45) is 0 Å². The van der Waals surface area contributed by atoms with Crippen LogP contribution in [0, 0.1) is 12.7 Å². The first-order chi connectivity index (χ1) is 14.6. The van der Waals surface area contributed by atoms with Crippen LogP contribution in [0.25, 0.3) is 4.96 Å². The molecule has 2 aromatic heterocycles. The summed E-state index contributed by atoms with van der Waals surface area (Å²) in [4.78, 5) is 9.71. The lowest BCUT2D eigenvalue weighted by Gasteiger charge is -2.37. The summed E-state index contributed by atoms with van der Waals surface area (Å²) in [5.41, 5.74) is 2.21. The lowest BCUT2D eigenvalue weighted by molar-refractivity contribution is -0.925. The van der Waals surface area contributed by atoms with Gasteiger partial charge in [0.05, 0.1) is 26.2 Å². The molecule has 30 heavy (non-hydrogen) atoms. The number of nitrogens with zero attached hydrogens (tertiary/aromatic N) is 4. The van der Waals surface area contributed by atoms with Crippen molar-refractivity contribution in [3.63, 3.8) is 0 Å². The molecule has 4 aromatic rings. The molecule has 0 saturated carbocycles. The van der Waals surface area contributed by atoms with Gasteiger partial charge in [-0.2, -0.15) is 4.52 Å². The molecule has 8 heteroatoms. The normalized spacial score (nSPS) is 16.3. The summed E-state index contributed by atoms with van der Waals surface area (Å²) in [5.74, 6) is 0.617. The topological polar surface area (TPSA) is 58.1 Å². The number of hydrogen-bond acceptors (Lipinski definition) is 5. The summed E-state index contributed by atoms with van der Waals surface area (Å²) in [7, 11) is 0. The van der Waals surface area contributed by atoms with Crippen molar-refractivity contribution in [1.82, 2.24) is 14.6 Å². The van der Waals surface area contributed by atoms with Crippen LogP contribution in [0.15, 0.2) is 54.6 Å². The molecule has 5 rings (SSSR count). The molecule has 1 aliphatic heterocycles. The molecule has 0 amide bonds. The molecule has 1 fully saturated rings. The third-order valence-corrected chi connectivity index (χ3v) is 6.79. The molecule has 0 spiro atoms. The van der Waals surface area contributed by atoms with E-state index in [4.69, 9.17) is 0 Å². The Balaban J connectivity index is 1.45. The van der Waals surface area contributed by atoms with E-state index in [0.29, 0.717) is 10.8 Å². The van der Waals surface area contributed by atoms with Gasteiger partial charge in [-0.3, -0.25) is 0 Å². The van der Waals surface area contributed by atoms with Gasteiger partial charge in [-0.1, -0.05) is 41.7 Å². The van der Waals surface area contributed by atoms with Gasteiger partial charge in [0, 0.05) is 11.3 Å². The van der Waals surface area contributed by atoms with Gasteiger partial charge >= 0.3 is 0 Å². The first-order valence-electron chi connectivity index (χ1n) is 10.1. The Hall–Kier alpha value is -2.97. The summed E-state index contributed by atoms with van der Waals surface area (Å²) < 4.78 is 14.8. The van der Waals surface area contributed by atoms with Gasteiger partial charge in [-0.25, -0.2) is 9.37 Å². The fraction of sp³-hybridized carbons (Fsp3) is 0.273. The number of nitrogens with one attached hydrogen (secondary N) is 1. The van der Waals surface area contributed by atoms with Gasteiger partial charge in [-0.05, 0) is 31.2 Å². The minimum Gasteiger partial charge on any atom is -0.492 e. The number of aryl methyl sites for hydroxylation is 1. The summed E-state index contributed by atoms with van der Waals surface area (Å²) in [6, 6.07) is 17.0. The number of fused-ring (bicyclic) bond motifs is 1. The number of quaternary nitrogens is 1. The van der Waals surface area contributed by atoms with Crippen molar-refractivity contribution in [3.05, 3.63) is 76.7 Å². The Bertz CT molecular complexity index is 1150. The Morgan fingerprint density at radius 3 is 2.43 bits per heavy atom. The van der Waals surface area contributed by atoms with E-state index in [9.17, 15) is 9.50 Å². The number of rotatable bonds is 4. The van der Waals surface area contributed by atoms with Crippen LogP contribution >= 0.6 is 11.3 Å². The van der Waals surface area contributed by atoms with Crippen LogP contribution in [-0.2, 0) is 0 Å². The van der Waals surface area contributed by atoms with Crippen molar-refractivity contribution >= 4 is 22.0 Å². The van der Waals surface area contributed by atoms with Crippen LogP contribution in [0.2, 0.25) is 0 Å². The third-order valence-electron chi connectivity index (χ3n) is 5.71. The molecule has 0 aliphatic carbocycles. The minimum absolute atomic E-state index is 0.00961. The minimum atomic E-state index is -0.214. The van der Waals surface area contributed by atoms with Gasteiger partial charge in [0.2, 0.25) is 10.8 Å². The van der Waals surface area contributed by atoms with E-state index in [0.717, 1.165) is 36.7 Å². The molecule has 2 N–H and O–H groups in total. The number of aromatic hydroxyl groups is 1. The van der Waals surface area contributed by atoms with Gasteiger partial charge in [0.15, 0.2) is 6.04 Å². The van der Waals surface area contributed by atoms with E-state index < -0.39 is 0 Å². The van der Waals surface area contributed by atoms with Crippen LogP contribution in [0.5, 0.6) is 5.88 Å². The summed E-state index contributed by atoms with van der Waals surface area (Å²) >= 11 is 1.50. The number of hydrogen-bond donors (Lipinski definition) is 2. The van der Waals surface area contributed by atoms with Crippen molar-refractivity contribution < 1.29 is 14.4 Å². The van der Waals surface area contributed by atoms with Gasteiger partial charge in [0.25, 0.3) is 0 Å². The second kappa shape index (κ2) is 7.70. The van der Waals surface area contributed by atoms with E-state index in [1.54, 1.807) is 4.52 Å². The van der Waals surface area contributed by atoms with E-state index >= 15 is 0 Å². The predicted octanol–water partition coefficient (Wildman–Crippen LogP) is 2.44. The molecule has 0 unspecified atom stereocenters. The Morgan fingerprint density at radius 1 is 1.07 bits per heavy atom. The standard InChI is InChI=1S/C22H22FN5OS/c1-15-24-22-28(25-15)21(29)20(30-22)19(16-5-3-2-4-6-16)27-13-11-26(12-14-27)18-9-7-17(23)8-10-18/h2-10,19,29H,11-14H2,1H3/p+1/t19-/m0/s1. The van der Waals surface area contributed by atoms with E-state index in [1.165, 1.54) is 33.9 Å². The van der Waals surface area contributed by atoms with E-state index in [-0.39, 0.29) is 17.7 Å². The monoisotopic (exact) mass is 424 g/mol. The maximum atomic E-state index is 13.3. The van der Waals surface area contributed by atoms with E-state index in [1.807, 2.05) is 37.3 Å². The lowest BCUT2D eigenvalue weighted by atomic mass is 10.0. The molecule has 6 nitrogen and oxygen atoms in total. The molecule has 1 aliphatic rings. The third kappa shape index (κ3) is 3.42. The molecule has 154 valence electrons. The van der Waals surface area contributed by atoms with Crippen molar-refractivity contribution in [3.8, 4) is 5.88 Å². The summed E-state index contributed by atoms with van der Waals surface area (Å²) in [5, 5.41) is 15.3. The summed E-state index contributed by atoms with van der Waals surface area (Å²) in [6.45, 7) is 5.37. The lowest BCUT2D eigenvalue weighted by Crippen LogP contribution is -3.15. The second-order valence-corrected chi connectivity index (χ2v) is 8.62. The zero-order chi connectivity index (χ0) is 20.7. The molecular formula is C22H23FN5OS+. The number of anilines is 1. The van der Waals surface area contributed by atoms with Crippen LogP contribution in [0.3, 0.4) is 0 Å². The molecule has 1 saturated heterocycles. The highest BCUT2D eigenvalue weighted by Gasteiger charge is 2.34. The number of aromatic nitrogens is 3. The highest BCUT2D eigenvalue weighted by atomic mass is 32.1. The zero-order valence-electron chi connectivity index (χ0n) is 16.6. The van der Waals surface area contributed by atoms with Crippen LogP contribution in [-0.4, -0.2) is 45.9 Å². The Kier molecular flexibility index (Phi) is 4.88. The number of benzene rings is 2. The average Bonchev–Trinajstić information content (AvgIpc) is 3.27. The predicted molar refractivity (Wildman–Crippen MR) is 115 cm³/mol. The fourth-order valence-electron chi connectivity index (χ4n) is 4.25. The molecule has 2 aromatic carbocycles. The number of halogens is 1. The fourth-order valence-corrected chi connectivity index (χ4v) is 5.43. The highest BCUT2D eigenvalue weighted by molar-refractivity contribution is 7.17. The van der Waals surface area contributed by atoms with Crippen LogP contribution in [0.4, 0.5) is 10.1 Å². The van der Waals surface area contributed by atoms with Crippen molar-refractivity contribution in [2.75, 3.05) is 31.1 Å². The molecule has 0 radical (unpaired) electrons. The molecule has 3 heterocycles. The van der Waals surface area contributed by atoms with Gasteiger partial charge in [0.1, 0.15) is 16.5 Å². The molecular weight excluding hydrogens is 401 g/mol. The Morgan fingerprint density at radius 2 is 1.77 bits per heavy atom. The van der Waals surface area contributed by atoms with Crippen molar-refractivity contribution in [2.45, 2.75) is 13.0 Å². The maximum Gasteiger partial charge on any atom is 0.235 e. The zero-order valence-corrected chi connectivity index (χ0v) is 17.4. The van der Waals surface area contributed by atoms with Gasteiger partial charge < -0.3 is 14.9 Å². The first kappa shape index (κ1) is 19.0. The van der Waals surface area contributed by atoms with E-state index in [2.05, 4.69) is 27.1 Å². The highest BCUT2D eigenvalue weighted by Crippen LogP contribution is 2.35. The quantitative estimate of drug-likeness (QED) is 0.528. The van der Waals surface area contributed by atoms with Crippen LogP contribution < -0.4 is 9.80 Å². The molecule has 0 bridgehead atoms. The largest absolute Gasteiger partial charge is 0.492 e. The molecule has 1 atom stereocenters. The van der Waals surface area contributed by atoms with Crippen molar-refractivity contribution in [1.29, 1.82) is 0 Å². The smallest absolute Gasteiger partial charge is 0.235 e. The number of piperazine rings is 1.